The van der Waals surface area contributed by atoms with Crippen LogP contribution in [0.1, 0.15) is 6.42 Å². The van der Waals surface area contributed by atoms with E-state index >= 15 is 0 Å². The van der Waals surface area contributed by atoms with Crippen molar-refractivity contribution in [3.8, 4) is 0 Å². The summed E-state index contributed by atoms with van der Waals surface area (Å²) in [5.74, 6) is 1.20. The molecule has 0 spiro atoms. The maximum absolute atomic E-state index is 12.9. The Kier molecular flexibility index (Phi) is 2.48. The molecule has 3 fully saturated rings. The smallest absolute Gasteiger partial charge is 0.238 e. The van der Waals surface area contributed by atoms with Gasteiger partial charge in [0.25, 0.3) is 0 Å². The van der Waals surface area contributed by atoms with E-state index in [-0.39, 0.29) is 35.5 Å². The van der Waals surface area contributed by atoms with Crippen LogP contribution in [0.15, 0.2) is 30.4 Å². The van der Waals surface area contributed by atoms with E-state index in [0.717, 1.165) is 0 Å². The van der Waals surface area contributed by atoms with E-state index in [1.165, 1.54) is 11.3 Å². The first kappa shape index (κ1) is 13.1. The molecule has 0 radical (unpaired) electrons. The van der Waals surface area contributed by atoms with E-state index in [0.29, 0.717) is 27.6 Å². The Morgan fingerprint density at radius 1 is 0.909 bits per heavy atom. The van der Waals surface area contributed by atoms with E-state index in [1.54, 1.807) is 18.2 Å². The summed E-state index contributed by atoms with van der Waals surface area (Å²) in [6.07, 6.45) is 5.51. The lowest BCUT2D eigenvalue weighted by Gasteiger charge is -2.37. The van der Waals surface area contributed by atoms with Crippen LogP contribution in [0.25, 0.3) is 0 Å². The number of nitrogens with zero attached hydrogens (tertiary/aromatic N) is 1. The average molecular weight is 334 g/mol. The normalized spacial score (nSPS) is 40.9. The summed E-state index contributed by atoms with van der Waals surface area (Å²) in [4.78, 5) is 27.1. The monoisotopic (exact) mass is 333 g/mol. The van der Waals surface area contributed by atoms with E-state index in [1.807, 2.05) is 0 Å². The van der Waals surface area contributed by atoms with Gasteiger partial charge in [0.2, 0.25) is 11.8 Å². The number of hydrogen-bond donors (Lipinski definition) is 0. The van der Waals surface area contributed by atoms with Gasteiger partial charge in [-0.3, -0.25) is 9.59 Å². The first-order valence-corrected chi connectivity index (χ1v) is 8.34. The van der Waals surface area contributed by atoms with Crippen molar-refractivity contribution >= 4 is 40.7 Å². The molecule has 2 bridgehead atoms. The third-order valence-electron chi connectivity index (χ3n) is 5.82. The number of amides is 2. The van der Waals surface area contributed by atoms with Crippen LogP contribution >= 0.6 is 23.2 Å². The van der Waals surface area contributed by atoms with Crippen molar-refractivity contribution in [3.05, 3.63) is 40.4 Å². The summed E-state index contributed by atoms with van der Waals surface area (Å²) >= 11 is 12.0. The van der Waals surface area contributed by atoms with Gasteiger partial charge in [-0.15, -0.1) is 0 Å². The van der Waals surface area contributed by atoms with Gasteiger partial charge in [-0.05, 0) is 48.3 Å². The highest BCUT2D eigenvalue weighted by Crippen LogP contribution is 2.65. The number of allylic oxidation sites excluding steroid dienone is 2. The lowest BCUT2D eigenvalue weighted by Crippen LogP contribution is -2.40. The summed E-state index contributed by atoms with van der Waals surface area (Å²) in [5.41, 5.74) is 0.534. The third kappa shape index (κ3) is 1.49. The molecule has 6 rings (SSSR count). The molecular formula is C17H13Cl2NO2. The Morgan fingerprint density at radius 3 is 2.05 bits per heavy atom. The van der Waals surface area contributed by atoms with Gasteiger partial charge in [0.1, 0.15) is 0 Å². The molecule has 1 saturated heterocycles. The van der Waals surface area contributed by atoms with Crippen molar-refractivity contribution in [1.29, 1.82) is 0 Å². The van der Waals surface area contributed by atoms with Crippen LogP contribution in [-0.4, -0.2) is 11.8 Å². The average Bonchev–Trinajstić information content (AvgIpc) is 3.28. The fourth-order valence-electron chi connectivity index (χ4n) is 4.84. The Labute approximate surface area is 137 Å². The lowest BCUT2D eigenvalue weighted by atomic mass is 9.63. The number of carbonyl (C=O) groups is 2. The zero-order chi connectivity index (χ0) is 15.2. The number of rotatable bonds is 1. The summed E-state index contributed by atoms with van der Waals surface area (Å²) in [6.45, 7) is 0. The molecule has 0 N–H and O–H groups in total. The molecule has 1 aromatic carbocycles. The zero-order valence-corrected chi connectivity index (χ0v) is 13.1. The molecule has 2 saturated carbocycles. The second kappa shape index (κ2) is 4.15. The number of carbonyl (C=O) groups excluding carboxylic acids is 2. The van der Waals surface area contributed by atoms with Gasteiger partial charge >= 0.3 is 0 Å². The van der Waals surface area contributed by atoms with Gasteiger partial charge in [-0.1, -0.05) is 35.4 Å². The Hall–Kier alpha value is -1.32. The SMILES string of the molecule is O=C1[C@@H]2[C@@H]3C=C[C@H]([C@@H]4C[C@H]34)[C@H]2C(=O)N1c1ccc(Cl)c(Cl)c1. The minimum Gasteiger partial charge on any atom is -0.274 e. The topological polar surface area (TPSA) is 37.4 Å². The Balaban J connectivity index is 1.58. The molecule has 1 aromatic rings. The lowest BCUT2D eigenvalue weighted by molar-refractivity contribution is -0.124. The molecule has 5 aliphatic rings. The van der Waals surface area contributed by atoms with Gasteiger partial charge in [0, 0.05) is 0 Å². The first-order valence-electron chi connectivity index (χ1n) is 7.59. The van der Waals surface area contributed by atoms with Crippen molar-refractivity contribution in [2.45, 2.75) is 6.42 Å². The van der Waals surface area contributed by atoms with E-state index in [2.05, 4.69) is 12.2 Å². The van der Waals surface area contributed by atoms with Gasteiger partial charge in [0.15, 0.2) is 0 Å². The highest BCUT2D eigenvalue weighted by Gasteiger charge is 2.67. The minimum absolute atomic E-state index is 0.0712. The summed E-state index contributed by atoms with van der Waals surface area (Å²) < 4.78 is 0. The molecule has 5 heteroatoms. The first-order chi connectivity index (χ1) is 10.6. The molecule has 1 heterocycles. The fourth-order valence-corrected chi connectivity index (χ4v) is 5.13. The molecule has 3 nitrogen and oxygen atoms in total. The predicted molar refractivity (Wildman–Crippen MR) is 83.7 cm³/mol. The van der Waals surface area contributed by atoms with Crippen LogP contribution in [0.5, 0.6) is 0 Å². The molecule has 2 amide bonds. The van der Waals surface area contributed by atoms with Gasteiger partial charge in [-0.25, -0.2) is 4.90 Å². The molecular weight excluding hydrogens is 321 g/mol. The van der Waals surface area contributed by atoms with E-state index < -0.39 is 0 Å². The van der Waals surface area contributed by atoms with Crippen molar-refractivity contribution in [3.63, 3.8) is 0 Å². The van der Waals surface area contributed by atoms with Gasteiger partial charge in [-0.2, -0.15) is 0 Å². The van der Waals surface area contributed by atoms with E-state index in [9.17, 15) is 9.59 Å². The summed E-state index contributed by atoms with van der Waals surface area (Å²) in [6, 6.07) is 4.93. The van der Waals surface area contributed by atoms with Crippen molar-refractivity contribution in [2.75, 3.05) is 4.90 Å². The third-order valence-corrected chi connectivity index (χ3v) is 6.56. The van der Waals surface area contributed by atoms with Crippen molar-refractivity contribution in [1.82, 2.24) is 0 Å². The van der Waals surface area contributed by atoms with Gasteiger partial charge in [0.05, 0.1) is 27.6 Å². The second-order valence-corrected chi connectivity index (χ2v) is 7.58. The Bertz CT molecular complexity index is 723. The maximum atomic E-state index is 12.9. The molecule has 0 aromatic heterocycles. The molecule has 22 heavy (non-hydrogen) atoms. The van der Waals surface area contributed by atoms with Crippen molar-refractivity contribution in [2.24, 2.45) is 35.5 Å². The molecule has 4 aliphatic carbocycles. The molecule has 6 atom stereocenters. The standard InChI is InChI=1S/C17H13Cl2NO2/c18-12-4-1-7(5-13(12)19)20-16(21)14-8-2-3-9(11-6-10(8)11)15(14)17(20)22/h1-5,8-11,14-15H,6H2/t8-,9-,10-,11+,14-,15-/m1/s1. The predicted octanol–water partition coefficient (Wildman–Crippen LogP) is 3.55. The largest absolute Gasteiger partial charge is 0.274 e. The number of imide groups is 1. The van der Waals surface area contributed by atoms with Crippen LogP contribution in [0, 0.1) is 35.5 Å². The quantitative estimate of drug-likeness (QED) is 0.582. The van der Waals surface area contributed by atoms with E-state index in [4.69, 9.17) is 23.2 Å². The molecule has 1 aliphatic heterocycles. The summed E-state index contributed by atoms with van der Waals surface area (Å²) in [7, 11) is 0. The van der Waals surface area contributed by atoms with Crippen LogP contribution < -0.4 is 4.90 Å². The van der Waals surface area contributed by atoms with Crippen LogP contribution in [-0.2, 0) is 9.59 Å². The fraction of sp³-hybridized carbons (Fsp3) is 0.412. The number of hydrogen-bond acceptors (Lipinski definition) is 2. The highest BCUT2D eigenvalue weighted by molar-refractivity contribution is 6.42. The van der Waals surface area contributed by atoms with Crippen LogP contribution in [0.4, 0.5) is 5.69 Å². The number of benzene rings is 1. The molecule has 0 unspecified atom stereocenters. The maximum Gasteiger partial charge on any atom is 0.238 e. The number of halogens is 2. The minimum atomic E-state index is -0.180. The molecule has 112 valence electrons. The van der Waals surface area contributed by atoms with Crippen LogP contribution in [0.2, 0.25) is 10.0 Å². The van der Waals surface area contributed by atoms with Gasteiger partial charge < -0.3 is 0 Å². The van der Waals surface area contributed by atoms with Crippen LogP contribution in [0.3, 0.4) is 0 Å². The summed E-state index contributed by atoms with van der Waals surface area (Å²) in [5, 5.41) is 0.781. The number of anilines is 1. The van der Waals surface area contributed by atoms with Crippen molar-refractivity contribution < 1.29 is 9.59 Å². The Morgan fingerprint density at radius 2 is 1.50 bits per heavy atom. The second-order valence-electron chi connectivity index (χ2n) is 6.76. The zero-order valence-electron chi connectivity index (χ0n) is 11.6. The highest BCUT2D eigenvalue weighted by atomic mass is 35.5.